The third-order valence-corrected chi connectivity index (χ3v) is 5.14. The zero-order valence-corrected chi connectivity index (χ0v) is 18.5. The molecule has 0 aromatic heterocycles. The molecule has 0 atom stereocenters. The first kappa shape index (κ1) is 23.7. The number of carbonyl (C=O) groups excluding carboxylic acids is 3. The van der Waals surface area contributed by atoms with Gasteiger partial charge in [0.2, 0.25) is 0 Å². The summed E-state index contributed by atoms with van der Waals surface area (Å²) < 4.78 is 10.3. The maximum atomic E-state index is 12.1. The lowest BCUT2D eigenvalue weighted by Crippen LogP contribution is -2.31. The summed E-state index contributed by atoms with van der Waals surface area (Å²) in [6, 6.07) is 26.7. The van der Waals surface area contributed by atoms with Crippen molar-refractivity contribution < 1.29 is 23.9 Å². The molecule has 0 aliphatic heterocycles. The summed E-state index contributed by atoms with van der Waals surface area (Å²) in [6.07, 6.45) is 0.715. The molecule has 0 spiro atoms. The van der Waals surface area contributed by atoms with E-state index < -0.39 is 5.97 Å². The van der Waals surface area contributed by atoms with E-state index in [4.69, 9.17) is 9.47 Å². The smallest absolute Gasteiger partial charge is 0.344 e. The Balaban J connectivity index is 1.41. The third kappa shape index (κ3) is 7.61. The van der Waals surface area contributed by atoms with E-state index in [0.29, 0.717) is 24.3 Å². The number of hydrogen-bond donors (Lipinski definition) is 1. The molecule has 3 aromatic carbocycles. The number of ketones is 1. The summed E-state index contributed by atoms with van der Waals surface area (Å²) in [6.45, 7) is 1.23. The molecule has 0 unspecified atom stereocenters. The van der Waals surface area contributed by atoms with Gasteiger partial charge >= 0.3 is 5.97 Å². The van der Waals surface area contributed by atoms with Crippen LogP contribution in [0.1, 0.15) is 40.7 Å². The van der Waals surface area contributed by atoms with Crippen LogP contribution >= 0.6 is 0 Å². The number of rotatable bonds is 11. The largest absolute Gasteiger partial charge is 0.482 e. The Morgan fingerprint density at radius 3 is 1.91 bits per heavy atom. The molecule has 6 heteroatoms. The van der Waals surface area contributed by atoms with Crippen molar-refractivity contribution in [2.24, 2.45) is 0 Å². The molecule has 0 aliphatic rings. The molecule has 6 nitrogen and oxygen atoms in total. The minimum atomic E-state index is -0.646. The van der Waals surface area contributed by atoms with Gasteiger partial charge in [-0.25, -0.2) is 4.79 Å². The van der Waals surface area contributed by atoms with Crippen LogP contribution in [0.15, 0.2) is 84.9 Å². The number of hydrogen-bond acceptors (Lipinski definition) is 5. The molecule has 0 saturated heterocycles. The fraction of sp³-hybridized carbons (Fsp3) is 0.222. The van der Waals surface area contributed by atoms with Gasteiger partial charge in [0.1, 0.15) is 5.75 Å². The molecule has 1 amide bonds. The van der Waals surface area contributed by atoms with Crippen molar-refractivity contribution in [1.82, 2.24) is 5.32 Å². The topological polar surface area (TPSA) is 81.7 Å². The Labute approximate surface area is 193 Å². The highest BCUT2D eigenvalue weighted by Gasteiger charge is 2.15. The molecule has 0 bridgehead atoms. The number of carbonyl (C=O) groups is 3. The lowest BCUT2D eigenvalue weighted by molar-refractivity contribution is -0.150. The highest BCUT2D eigenvalue weighted by Crippen LogP contribution is 2.27. The molecule has 3 rings (SSSR count). The van der Waals surface area contributed by atoms with Crippen molar-refractivity contribution in [3.05, 3.63) is 102 Å². The van der Waals surface area contributed by atoms with Gasteiger partial charge in [0.25, 0.3) is 5.91 Å². The molecule has 170 valence electrons. The second-order valence-corrected chi connectivity index (χ2v) is 7.54. The van der Waals surface area contributed by atoms with Crippen LogP contribution in [0.4, 0.5) is 0 Å². The maximum Gasteiger partial charge on any atom is 0.344 e. The fourth-order valence-corrected chi connectivity index (χ4v) is 3.42. The quantitative estimate of drug-likeness (QED) is 0.354. The van der Waals surface area contributed by atoms with E-state index in [1.54, 1.807) is 24.3 Å². The normalized spacial score (nSPS) is 10.5. The molecule has 33 heavy (non-hydrogen) atoms. The Hall–Kier alpha value is -3.93. The number of benzene rings is 3. The van der Waals surface area contributed by atoms with Crippen LogP contribution in [0.25, 0.3) is 0 Å². The summed E-state index contributed by atoms with van der Waals surface area (Å²) in [4.78, 5) is 35.3. The summed E-state index contributed by atoms with van der Waals surface area (Å²) in [5.74, 6) is -0.473. The van der Waals surface area contributed by atoms with Crippen molar-refractivity contribution in [1.29, 1.82) is 0 Å². The van der Waals surface area contributed by atoms with Gasteiger partial charge in [0.05, 0.1) is 0 Å². The van der Waals surface area contributed by atoms with Gasteiger partial charge in [-0.05, 0) is 48.7 Å². The fourth-order valence-electron chi connectivity index (χ4n) is 3.42. The summed E-state index contributed by atoms with van der Waals surface area (Å²) in [5.41, 5.74) is 2.92. The van der Waals surface area contributed by atoms with Crippen LogP contribution in [-0.2, 0) is 14.3 Å². The molecule has 0 aliphatic carbocycles. The molecular formula is C27H27NO5. The third-order valence-electron chi connectivity index (χ3n) is 5.14. The standard InChI is InChI=1S/C27H27NO5/c1-20(29)21-12-14-24(15-13-21)32-19-27(31)33-18-26(30)28-17-16-25(22-8-4-2-5-9-22)23-10-6-3-7-11-23/h2-15,25H,16-19H2,1H3,(H,28,30). The molecule has 0 fully saturated rings. The first-order chi connectivity index (χ1) is 16.0. The highest BCUT2D eigenvalue weighted by atomic mass is 16.6. The number of esters is 1. The van der Waals surface area contributed by atoms with Crippen molar-refractivity contribution in [3.8, 4) is 5.75 Å². The second-order valence-electron chi connectivity index (χ2n) is 7.54. The Kier molecular flexibility index (Phi) is 8.77. The van der Waals surface area contributed by atoms with E-state index in [2.05, 4.69) is 29.6 Å². The first-order valence-electron chi connectivity index (χ1n) is 10.8. The number of ether oxygens (including phenoxy) is 2. The molecular weight excluding hydrogens is 418 g/mol. The van der Waals surface area contributed by atoms with E-state index in [1.165, 1.54) is 18.1 Å². The van der Waals surface area contributed by atoms with Gasteiger partial charge in [-0.1, -0.05) is 60.7 Å². The predicted molar refractivity (Wildman–Crippen MR) is 125 cm³/mol. The summed E-state index contributed by atoms with van der Waals surface area (Å²) in [7, 11) is 0. The lowest BCUT2D eigenvalue weighted by atomic mass is 9.88. The SMILES string of the molecule is CC(=O)c1ccc(OCC(=O)OCC(=O)NCCC(c2ccccc2)c2ccccc2)cc1. The van der Waals surface area contributed by atoms with Gasteiger partial charge in [-0.3, -0.25) is 9.59 Å². The van der Waals surface area contributed by atoms with Crippen molar-refractivity contribution >= 4 is 17.7 Å². The van der Waals surface area contributed by atoms with Gasteiger partial charge in [-0.15, -0.1) is 0 Å². The Morgan fingerprint density at radius 1 is 0.788 bits per heavy atom. The van der Waals surface area contributed by atoms with Crippen LogP contribution in [0.2, 0.25) is 0 Å². The molecule has 0 heterocycles. The monoisotopic (exact) mass is 445 g/mol. The van der Waals surface area contributed by atoms with E-state index in [9.17, 15) is 14.4 Å². The van der Waals surface area contributed by atoms with E-state index in [0.717, 1.165) is 0 Å². The second kappa shape index (κ2) is 12.2. The average Bonchev–Trinajstić information content (AvgIpc) is 2.85. The average molecular weight is 446 g/mol. The first-order valence-corrected chi connectivity index (χ1v) is 10.8. The predicted octanol–water partition coefficient (Wildman–Crippen LogP) is 4.15. The lowest BCUT2D eigenvalue weighted by Gasteiger charge is -2.18. The van der Waals surface area contributed by atoms with Crippen LogP contribution in [0.3, 0.4) is 0 Å². The minimum absolute atomic E-state index is 0.0502. The van der Waals surface area contributed by atoms with Crippen LogP contribution in [0.5, 0.6) is 5.75 Å². The van der Waals surface area contributed by atoms with Crippen molar-refractivity contribution in [3.63, 3.8) is 0 Å². The zero-order valence-electron chi connectivity index (χ0n) is 18.5. The zero-order chi connectivity index (χ0) is 23.5. The summed E-state index contributed by atoms with van der Waals surface area (Å²) in [5, 5.41) is 2.81. The van der Waals surface area contributed by atoms with Crippen LogP contribution in [0, 0.1) is 0 Å². The Bertz CT molecular complexity index is 1010. The number of amides is 1. The van der Waals surface area contributed by atoms with Gasteiger partial charge in [0.15, 0.2) is 19.0 Å². The van der Waals surface area contributed by atoms with Crippen molar-refractivity contribution in [2.75, 3.05) is 19.8 Å². The molecule has 0 radical (unpaired) electrons. The minimum Gasteiger partial charge on any atom is -0.482 e. The van der Waals surface area contributed by atoms with Crippen molar-refractivity contribution in [2.45, 2.75) is 19.3 Å². The molecule has 0 saturated carbocycles. The van der Waals surface area contributed by atoms with E-state index in [-0.39, 0.29) is 30.8 Å². The van der Waals surface area contributed by atoms with E-state index >= 15 is 0 Å². The van der Waals surface area contributed by atoms with Gasteiger partial charge < -0.3 is 14.8 Å². The van der Waals surface area contributed by atoms with Gasteiger partial charge in [-0.2, -0.15) is 0 Å². The number of Topliss-reactive ketones (excluding diaryl/α,β-unsaturated/α-hetero) is 1. The molecule has 1 N–H and O–H groups in total. The molecule has 3 aromatic rings. The summed E-state index contributed by atoms with van der Waals surface area (Å²) >= 11 is 0. The number of nitrogens with one attached hydrogen (secondary N) is 1. The highest BCUT2D eigenvalue weighted by molar-refractivity contribution is 5.94. The van der Waals surface area contributed by atoms with E-state index in [1.807, 2.05) is 36.4 Å². The van der Waals surface area contributed by atoms with Gasteiger partial charge in [0, 0.05) is 18.0 Å². The maximum absolute atomic E-state index is 12.1. The van der Waals surface area contributed by atoms with Crippen LogP contribution < -0.4 is 10.1 Å². The van der Waals surface area contributed by atoms with Crippen LogP contribution in [-0.4, -0.2) is 37.4 Å². The Morgan fingerprint density at radius 2 is 1.36 bits per heavy atom.